The zero-order valence-corrected chi connectivity index (χ0v) is 16.3. The summed E-state index contributed by atoms with van der Waals surface area (Å²) in [5.74, 6) is 0.231. The molecule has 0 bridgehead atoms. The molecule has 1 amide bonds. The summed E-state index contributed by atoms with van der Waals surface area (Å²) in [7, 11) is 0. The number of nitrogens with one attached hydrogen (secondary N) is 1. The van der Waals surface area contributed by atoms with Crippen molar-refractivity contribution in [3.8, 4) is 0 Å². The summed E-state index contributed by atoms with van der Waals surface area (Å²) in [6.07, 6.45) is 4.84. The van der Waals surface area contributed by atoms with Gasteiger partial charge < -0.3 is 10.4 Å². The van der Waals surface area contributed by atoms with Gasteiger partial charge in [0.15, 0.2) is 0 Å². The first kappa shape index (κ1) is 18.9. The Labute approximate surface area is 161 Å². The summed E-state index contributed by atoms with van der Waals surface area (Å²) in [6, 6.07) is 7.54. The van der Waals surface area contributed by atoms with E-state index in [1.54, 1.807) is 0 Å². The number of benzene rings is 1. The van der Waals surface area contributed by atoms with Crippen LogP contribution in [-0.2, 0) is 10.5 Å². The lowest BCUT2D eigenvalue weighted by atomic mass is 10.1. The third-order valence-corrected chi connectivity index (χ3v) is 6.71. The zero-order valence-electron chi connectivity index (χ0n) is 14.7. The van der Waals surface area contributed by atoms with Crippen LogP contribution in [-0.4, -0.2) is 27.7 Å². The first-order valence-corrected chi connectivity index (χ1v) is 10.7. The summed E-state index contributed by atoms with van der Waals surface area (Å²) in [5, 5.41) is 12.8. The molecule has 0 atom stereocenters. The number of carboxylic acid groups (broad SMARTS) is 1. The summed E-state index contributed by atoms with van der Waals surface area (Å²) in [6.45, 7) is 1.89. The number of aliphatic carboxylic acids is 1. The van der Waals surface area contributed by atoms with Gasteiger partial charge in [-0.15, -0.1) is 23.1 Å². The van der Waals surface area contributed by atoms with Crippen molar-refractivity contribution in [2.24, 2.45) is 0 Å². The van der Waals surface area contributed by atoms with Crippen LogP contribution in [0.15, 0.2) is 24.3 Å². The molecule has 1 aliphatic carbocycles. The van der Waals surface area contributed by atoms with Crippen LogP contribution < -0.4 is 5.32 Å². The Kier molecular flexibility index (Phi) is 6.32. The van der Waals surface area contributed by atoms with E-state index in [-0.39, 0.29) is 11.7 Å². The average Bonchev–Trinajstić information content (AvgIpc) is 3.24. The Morgan fingerprint density at radius 1 is 1.35 bits per heavy atom. The lowest BCUT2D eigenvalue weighted by Crippen LogP contribution is -2.11. The molecule has 7 heteroatoms. The minimum atomic E-state index is -0.821. The van der Waals surface area contributed by atoms with Gasteiger partial charge in [0.05, 0.1) is 16.5 Å². The molecule has 1 aromatic carbocycles. The van der Waals surface area contributed by atoms with Crippen LogP contribution in [0.1, 0.15) is 57.5 Å². The van der Waals surface area contributed by atoms with Crippen molar-refractivity contribution in [3.05, 3.63) is 45.4 Å². The predicted octanol–water partition coefficient (Wildman–Crippen LogP) is 4.68. The van der Waals surface area contributed by atoms with E-state index in [1.807, 2.05) is 31.2 Å². The van der Waals surface area contributed by atoms with Crippen LogP contribution in [0.25, 0.3) is 0 Å². The lowest BCUT2D eigenvalue weighted by Gasteiger charge is -2.07. The number of hydrogen-bond donors (Lipinski definition) is 2. The van der Waals surface area contributed by atoms with Gasteiger partial charge in [-0.3, -0.25) is 9.59 Å². The smallest absolute Gasteiger partial charge is 0.313 e. The summed E-state index contributed by atoms with van der Waals surface area (Å²) < 4.78 is 0. The van der Waals surface area contributed by atoms with Crippen LogP contribution in [0.4, 0.5) is 5.69 Å². The van der Waals surface area contributed by atoms with E-state index in [9.17, 15) is 9.59 Å². The van der Waals surface area contributed by atoms with E-state index in [0.717, 1.165) is 22.0 Å². The number of anilines is 1. The molecule has 1 aromatic heterocycles. The number of carbonyl (C=O) groups excluding carboxylic acids is 1. The maximum absolute atomic E-state index is 12.7. The normalized spacial score (nSPS) is 14.5. The van der Waals surface area contributed by atoms with Gasteiger partial charge in [-0.1, -0.05) is 25.0 Å². The number of carbonyl (C=O) groups is 2. The molecule has 1 heterocycles. The monoisotopic (exact) mass is 390 g/mol. The van der Waals surface area contributed by atoms with E-state index < -0.39 is 5.97 Å². The molecule has 138 valence electrons. The summed E-state index contributed by atoms with van der Waals surface area (Å²) in [5.41, 5.74) is 2.50. The van der Waals surface area contributed by atoms with Gasteiger partial charge in [0.25, 0.3) is 5.91 Å². The second-order valence-corrected chi connectivity index (χ2v) is 8.51. The molecule has 3 rings (SSSR count). The first-order chi connectivity index (χ1) is 12.5. The first-order valence-electron chi connectivity index (χ1n) is 8.70. The quantitative estimate of drug-likeness (QED) is 0.718. The van der Waals surface area contributed by atoms with E-state index in [0.29, 0.717) is 16.5 Å². The van der Waals surface area contributed by atoms with Crippen molar-refractivity contribution in [1.29, 1.82) is 0 Å². The van der Waals surface area contributed by atoms with Crippen LogP contribution in [0, 0.1) is 6.92 Å². The molecule has 1 saturated carbocycles. The molecule has 1 fully saturated rings. The predicted molar refractivity (Wildman–Crippen MR) is 106 cm³/mol. The van der Waals surface area contributed by atoms with E-state index in [2.05, 4.69) is 10.3 Å². The Morgan fingerprint density at radius 3 is 2.85 bits per heavy atom. The Balaban J connectivity index is 1.65. The highest BCUT2D eigenvalue weighted by molar-refractivity contribution is 7.99. The van der Waals surface area contributed by atoms with Gasteiger partial charge in [0.1, 0.15) is 4.88 Å². The van der Waals surface area contributed by atoms with Crippen LogP contribution >= 0.6 is 23.1 Å². The van der Waals surface area contributed by atoms with Crippen molar-refractivity contribution in [2.45, 2.75) is 44.3 Å². The largest absolute Gasteiger partial charge is 0.481 e. The van der Waals surface area contributed by atoms with Gasteiger partial charge in [0, 0.05) is 17.4 Å². The molecule has 0 saturated heterocycles. The minimum absolute atomic E-state index is 0.0700. The highest BCUT2D eigenvalue weighted by Gasteiger charge is 2.23. The van der Waals surface area contributed by atoms with Gasteiger partial charge in [0.2, 0.25) is 0 Å². The van der Waals surface area contributed by atoms with Crippen LogP contribution in [0.3, 0.4) is 0 Å². The maximum atomic E-state index is 12.7. The van der Waals surface area contributed by atoms with Crippen molar-refractivity contribution in [2.75, 3.05) is 11.1 Å². The number of carboxylic acids is 1. The second-order valence-electron chi connectivity index (χ2n) is 6.49. The fourth-order valence-corrected chi connectivity index (χ4v) is 4.98. The summed E-state index contributed by atoms with van der Waals surface area (Å²) in [4.78, 5) is 28.6. The van der Waals surface area contributed by atoms with Crippen molar-refractivity contribution >= 4 is 40.7 Å². The van der Waals surface area contributed by atoms with Gasteiger partial charge in [-0.25, -0.2) is 4.98 Å². The molecule has 1 aliphatic rings. The fraction of sp³-hybridized carbons (Fsp3) is 0.421. The van der Waals surface area contributed by atoms with Gasteiger partial charge in [-0.05, 0) is 37.5 Å². The van der Waals surface area contributed by atoms with Gasteiger partial charge in [-0.2, -0.15) is 0 Å². The highest BCUT2D eigenvalue weighted by Crippen LogP contribution is 2.37. The van der Waals surface area contributed by atoms with Crippen molar-refractivity contribution in [1.82, 2.24) is 4.98 Å². The number of thioether (sulfide) groups is 1. The van der Waals surface area contributed by atoms with E-state index >= 15 is 0 Å². The molecule has 2 aromatic rings. The van der Waals surface area contributed by atoms with Crippen molar-refractivity contribution < 1.29 is 14.7 Å². The summed E-state index contributed by atoms with van der Waals surface area (Å²) >= 11 is 2.85. The molecule has 26 heavy (non-hydrogen) atoms. The topological polar surface area (TPSA) is 79.3 Å². The Morgan fingerprint density at radius 2 is 2.12 bits per heavy atom. The number of rotatable bonds is 7. The standard InChI is InChI=1S/C19H22N2O3S2/c1-12-17(26-19(20-12)14-6-2-3-7-14)18(24)21-15-8-4-5-13(9-15)10-25-11-16(22)23/h4-5,8-9,14H,2-3,6-7,10-11H2,1H3,(H,21,24)(H,22,23). The lowest BCUT2D eigenvalue weighted by molar-refractivity contribution is -0.133. The molecule has 0 unspecified atom stereocenters. The third-order valence-electron chi connectivity index (χ3n) is 4.40. The Hall–Kier alpha value is -1.86. The second kappa shape index (κ2) is 8.68. The molecule has 5 nitrogen and oxygen atoms in total. The zero-order chi connectivity index (χ0) is 18.5. The third kappa shape index (κ3) is 4.86. The highest BCUT2D eigenvalue weighted by atomic mass is 32.2. The number of nitrogens with zero attached hydrogens (tertiary/aromatic N) is 1. The number of aryl methyl sites for hydroxylation is 1. The molecular formula is C19H22N2O3S2. The number of thiazole rings is 1. The fourth-order valence-electron chi connectivity index (χ4n) is 3.16. The van der Waals surface area contributed by atoms with E-state index in [1.165, 1.54) is 48.8 Å². The average molecular weight is 391 g/mol. The van der Waals surface area contributed by atoms with E-state index in [4.69, 9.17) is 5.11 Å². The van der Waals surface area contributed by atoms with Crippen LogP contribution in [0.2, 0.25) is 0 Å². The number of aromatic nitrogens is 1. The number of hydrogen-bond acceptors (Lipinski definition) is 5. The van der Waals surface area contributed by atoms with Crippen molar-refractivity contribution in [3.63, 3.8) is 0 Å². The molecule has 0 radical (unpaired) electrons. The molecule has 2 N–H and O–H groups in total. The maximum Gasteiger partial charge on any atom is 0.313 e. The van der Waals surface area contributed by atoms with Gasteiger partial charge >= 0.3 is 5.97 Å². The van der Waals surface area contributed by atoms with Crippen LogP contribution in [0.5, 0.6) is 0 Å². The Bertz CT molecular complexity index is 798. The number of amides is 1. The minimum Gasteiger partial charge on any atom is -0.481 e. The molecular weight excluding hydrogens is 368 g/mol. The molecule has 0 aliphatic heterocycles. The molecule has 0 spiro atoms. The SMILES string of the molecule is Cc1nc(C2CCCC2)sc1C(=O)Nc1cccc(CSCC(=O)O)c1.